The molecule has 0 aliphatic carbocycles. The van der Waals surface area contributed by atoms with E-state index in [1.54, 1.807) is 42.5 Å². The van der Waals surface area contributed by atoms with Gasteiger partial charge in [-0.15, -0.1) is 0 Å². The molecular weight excluding hydrogens is 417 g/mol. The van der Waals surface area contributed by atoms with Gasteiger partial charge in [0.15, 0.2) is 11.5 Å². The Bertz CT molecular complexity index is 1150. The first-order chi connectivity index (χ1) is 15.5. The number of amides is 2. The molecule has 0 spiro atoms. The second kappa shape index (κ2) is 10.5. The summed E-state index contributed by atoms with van der Waals surface area (Å²) in [5.74, 6) is -2.49. The van der Waals surface area contributed by atoms with Gasteiger partial charge in [0.1, 0.15) is 5.82 Å². The van der Waals surface area contributed by atoms with Crippen molar-refractivity contribution in [2.75, 3.05) is 12.4 Å². The van der Waals surface area contributed by atoms with E-state index >= 15 is 0 Å². The van der Waals surface area contributed by atoms with Crippen molar-refractivity contribution in [1.82, 2.24) is 5.43 Å². The summed E-state index contributed by atoms with van der Waals surface area (Å²) < 4.78 is 23.5. The van der Waals surface area contributed by atoms with Gasteiger partial charge in [-0.3, -0.25) is 9.59 Å². The summed E-state index contributed by atoms with van der Waals surface area (Å²) in [7, 11) is 1.41. The zero-order valence-corrected chi connectivity index (χ0v) is 16.9. The third-order valence-electron chi connectivity index (χ3n) is 4.09. The molecule has 0 fully saturated rings. The van der Waals surface area contributed by atoms with Crippen LogP contribution in [0.1, 0.15) is 15.9 Å². The van der Waals surface area contributed by atoms with Crippen LogP contribution in [-0.2, 0) is 9.59 Å². The second-order valence-electron chi connectivity index (χ2n) is 6.33. The number of rotatable bonds is 6. The molecule has 0 heterocycles. The normalized spacial score (nSPS) is 10.4. The zero-order chi connectivity index (χ0) is 22.9. The third-order valence-corrected chi connectivity index (χ3v) is 4.09. The minimum absolute atomic E-state index is 0.209. The van der Waals surface area contributed by atoms with Crippen LogP contribution < -0.4 is 20.2 Å². The fraction of sp³-hybridized carbons (Fsp3) is 0.0435. The van der Waals surface area contributed by atoms with Gasteiger partial charge in [0.25, 0.3) is 0 Å². The monoisotopic (exact) mass is 435 g/mol. The van der Waals surface area contributed by atoms with Gasteiger partial charge in [-0.2, -0.15) is 5.10 Å². The number of esters is 1. The van der Waals surface area contributed by atoms with Gasteiger partial charge < -0.3 is 14.8 Å². The highest BCUT2D eigenvalue weighted by Gasteiger charge is 2.14. The maximum absolute atomic E-state index is 12.9. The summed E-state index contributed by atoms with van der Waals surface area (Å²) in [5, 5.41) is 6.04. The maximum atomic E-state index is 12.9. The van der Waals surface area contributed by atoms with Crippen molar-refractivity contribution in [3.8, 4) is 11.5 Å². The van der Waals surface area contributed by atoms with E-state index in [0.29, 0.717) is 11.1 Å². The number of anilines is 1. The molecular formula is C23H18FN3O5. The molecule has 3 rings (SSSR count). The average molecular weight is 435 g/mol. The van der Waals surface area contributed by atoms with Crippen LogP contribution in [0.2, 0.25) is 0 Å². The number of methoxy groups -OCH3 is 1. The number of nitrogens with one attached hydrogen (secondary N) is 2. The standard InChI is InChI=1S/C23H18FN3O5/c1-31-20-13-15(7-12-19(20)32-23(30)16-5-3-2-4-6-16)14-25-27-22(29)21(28)26-18-10-8-17(24)9-11-18/h2-14H,1H3,(H,26,28)(H,27,29). The number of hydrogen-bond donors (Lipinski definition) is 2. The average Bonchev–Trinajstić information content (AvgIpc) is 2.81. The highest BCUT2D eigenvalue weighted by atomic mass is 19.1. The van der Waals surface area contributed by atoms with Crippen LogP contribution in [0.5, 0.6) is 11.5 Å². The SMILES string of the molecule is COc1cc(C=NNC(=O)C(=O)Nc2ccc(F)cc2)ccc1OC(=O)c1ccccc1. The predicted octanol–water partition coefficient (Wildman–Crippen LogP) is 3.14. The number of hydrazone groups is 1. The van der Waals surface area contributed by atoms with Gasteiger partial charge >= 0.3 is 17.8 Å². The van der Waals surface area contributed by atoms with E-state index in [-0.39, 0.29) is 17.2 Å². The first-order valence-electron chi connectivity index (χ1n) is 9.31. The van der Waals surface area contributed by atoms with E-state index in [1.165, 1.54) is 31.5 Å². The predicted molar refractivity (Wildman–Crippen MR) is 115 cm³/mol. The summed E-state index contributed by atoms with van der Waals surface area (Å²) in [6, 6.07) is 18.1. The quantitative estimate of drug-likeness (QED) is 0.203. The Hall–Kier alpha value is -4.53. The summed E-state index contributed by atoms with van der Waals surface area (Å²) in [6.45, 7) is 0. The van der Waals surface area contributed by atoms with Crippen LogP contribution in [0.25, 0.3) is 0 Å². The Balaban J connectivity index is 1.59. The summed E-state index contributed by atoms with van der Waals surface area (Å²) in [5.41, 5.74) is 3.26. The molecule has 0 aliphatic rings. The number of nitrogens with zero attached hydrogens (tertiary/aromatic N) is 1. The molecule has 0 aromatic heterocycles. The zero-order valence-electron chi connectivity index (χ0n) is 16.9. The van der Waals surface area contributed by atoms with E-state index in [0.717, 1.165) is 12.1 Å². The van der Waals surface area contributed by atoms with Gasteiger partial charge in [-0.25, -0.2) is 14.6 Å². The van der Waals surface area contributed by atoms with E-state index in [1.807, 2.05) is 0 Å². The molecule has 9 heteroatoms. The van der Waals surface area contributed by atoms with Crippen LogP contribution >= 0.6 is 0 Å². The molecule has 2 amide bonds. The smallest absolute Gasteiger partial charge is 0.343 e. The summed E-state index contributed by atoms with van der Waals surface area (Å²) in [4.78, 5) is 35.9. The van der Waals surface area contributed by atoms with Gasteiger partial charge in [0, 0.05) is 5.69 Å². The van der Waals surface area contributed by atoms with Crippen molar-refractivity contribution in [3.05, 3.63) is 89.7 Å². The summed E-state index contributed by atoms with van der Waals surface area (Å²) >= 11 is 0. The number of hydrogen-bond acceptors (Lipinski definition) is 6. The lowest BCUT2D eigenvalue weighted by atomic mass is 10.2. The minimum atomic E-state index is -1.01. The topological polar surface area (TPSA) is 106 Å². The molecule has 0 bridgehead atoms. The highest BCUT2D eigenvalue weighted by Crippen LogP contribution is 2.28. The number of halogens is 1. The van der Waals surface area contributed by atoms with Crippen molar-refractivity contribution in [2.24, 2.45) is 5.10 Å². The molecule has 3 aromatic carbocycles. The lowest BCUT2D eigenvalue weighted by molar-refractivity contribution is -0.136. The van der Waals surface area contributed by atoms with Crippen LogP contribution in [0, 0.1) is 5.82 Å². The van der Waals surface area contributed by atoms with Crippen molar-refractivity contribution in [3.63, 3.8) is 0 Å². The molecule has 32 heavy (non-hydrogen) atoms. The largest absolute Gasteiger partial charge is 0.493 e. The minimum Gasteiger partial charge on any atom is -0.493 e. The molecule has 0 unspecified atom stereocenters. The maximum Gasteiger partial charge on any atom is 0.343 e. The molecule has 0 atom stereocenters. The molecule has 0 aliphatic heterocycles. The molecule has 3 aromatic rings. The molecule has 8 nitrogen and oxygen atoms in total. The van der Waals surface area contributed by atoms with Crippen molar-refractivity contribution in [1.29, 1.82) is 0 Å². The first-order valence-corrected chi connectivity index (χ1v) is 9.31. The lowest BCUT2D eigenvalue weighted by Gasteiger charge is -2.10. The molecule has 0 saturated heterocycles. The molecule has 162 valence electrons. The number of benzene rings is 3. The van der Waals surface area contributed by atoms with E-state index in [2.05, 4.69) is 15.8 Å². The van der Waals surface area contributed by atoms with E-state index < -0.39 is 23.6 Å². The summed E-state index contributed by atoms with van der Waals surface area (Å²) in [6.07, 6.45) is 1.29. The fourth-order valence-corrected chi connectivity index (χ4v) is 2.52. The number of ether oxygens (including phenoxy) is 2. The Morgan fingerprint density at radius 3 is 2.31 bits per heavy atom. The second-order valence-corrected chi connectivity index (χ2v) is 6.33. The van der Waals surface area contributed by atoms with Crippen molar-refractivity contribution < 1.29 is 28.2 Å². The van der Waals surface area contributed by atoms with Gasteiger partial charge in [0.05, 0.1) is 18.9 Å². The molecule has 0 radical (unpaired) electrons. The van der Waals surface area contributed by atoms with Gasteiger partial charge in [0.2, 0.25) is 0 Å². The fourth-order valence-electron chi connectivity index (χ4n) is 2.52. The molecule has 0 saturated carbocycles. The van der Waals surface area contributed by atoms with Crippen molar-refractivity contribution in [2.45, 2.75) is 0 Å². The van der Waals surface area contributed by atoms with Crippen LogP contribution in [0.15, 0.2) is 77.9 Å². The Morgan fingerprint density at radius 2 is 1.62 bits per heavy atom. The Kier molecular flexibility index (Phi) is 7.26. The van der Waals surface area contributed by atoms with Gasteiger partial charge in [-0.05, 0) is 60.2 Å². The number of carbonyl (C=O) groups excluding carboxylic acids is 3. The lowest BCUT2D eigenvalue weighted by Crippen LogP contribution is -2.32. The van der Waals surface area contributed by atoms with Crippen molar-refractivity contribution >= 4 is 29.7 Å². The third kappa shape index (κ3) is 5.99. The van der Waals surface area contributed by atoms with Gasteiger partial charge in [-0.1, -0.05) is 18.2 Å². The number of carbonyl (C=O) groups is 3. The Morgan fingerprint density at radius 1 is 0.906 bits per heavy atom. The van der Waals surface area contributed by atoms with Crippen LogP contribution in [0.4, 0.5) is 10.1 Å². The molecule has 2 N–H and O–H groups in total. The Labute approximate surface area is 182 Å². The highest BCUT2D eigenvalue weighted by molar-refractivity contribution is 6.39. The van der Waals surface area contributed by atoms with Crippen LogP contribution in [-0.4, -0.2) is 31.1 Å². The van der Waals surface area contributed by atoms with E-state index in [9.17, 15) is 18.8 Å². The van der Waals surface area contributed by atoms with E-state index in [4.69, 9.17) is 9.47 Å². The van der Waals surface area contributed by atoms with Crippen LogP contribution in [0.3, 0.4) is 0 Å². The first kappa shape index (κ1) is 22.2.